The molecule has 1 amide bonds. The van der Waals surface area contributed by atoms with Gasteiger partial charge in [0.25, 0.3) is 5.91 Å². The summed E-state index contributed by atoms with van der Waals surface area (Å²) in [5.74, 6) is -0.0732. The number of carbonyl (C=O) groups is 1. The van der Waals surface area contributed by atoms with E-state index in [1.165, 1.54) is 0 Å². The second kappa shape index (κ2) is 6.72. The summed E-state index contributed by atoms with van der Waals surface area (Å²) < 4.78 is 0. The molecule has 0 aliphatic carbocycles. The number of aryl methyl sites for hydroxylation is 1. The maximum absolute atomic E-state index is 12.3. The SMILES string of the molecule is Cc1ccc(O)c(C(=O)N(C)CCN2CCNCC2)c1. The zero-order chi connectivity index (χ0) is 14.5. The normalized spacial score (nSPS) is 16.1. The quantitative estimate of drug-likeness (QED) is 0.850. The summed E-state index contributed by atoms with van der Waals surface area (Å²) in [6.45, 7) is 7.53. The van der Waals surface area contributed by atoms with E-state index in [9.17, 15) is 9.90 Å². The molecule has 1 fully saturated rings. The van der Waals surface area contributed by atoms with E-state index in [1.54, 1.807) is 30.1 Å². The largest absolute Gasteiger partial charge is 0.507 e. The molecule has 0 radical (unpaired) electrons. The number of hydrogen-bond acceptors (Lipinski definition) is 4. The van der Waals surface area contributed by atoms with Crippen molar-refractivity contribution < 1.29 is 9.90 Å². The fraction of sp³-hybridized carbons (Fsp3) is 0.533. The van der Waals surface area contributed by atoms with Crippen LogP contribution in [0.1, 0.15) is 15.9 Å². The van der Waals surface area contributed by atoms with E-state index < -0.39 is 0 Å². The molecular formula is C15H23N3O2. The fourth-order valence-corrected chi connectivity index (χ4v) is 2.35. The first-order valence-electron chi connectivity index (χ1n) is 7.06. The summed E-state index contributed by atoms with van der Waals surface area (Å²) in [6, 6.07) is 5.11. The first kappa shape index (κ1) is 14.8. The number of amides is 1. The molecule has 2 N–H and O–H groups in total. The molecule has 0 unspecified atom stereocenters. The molecule has 0 atom stereocenters. The molecule has 5 nitrogen and oxygen atoms in total. The van der Waals surface area contributed by atoms with Crippen LogP contribution in [-0.2, 0) is 0 Å². The van der Waals surface area contributed by atoms with Crippen molar-refractivity contribution in [2.75, 3.05) is 46.3 Å². The lowest BCUT2D eigenvalue weighted by Gasteiger charge is -2.29. The zero-order valence-corrected chi connectivity index (χ0v) is 12.2. The molecule has 1 aliphatic rings. The van der Waals surface area contributed by atoms with Gasteiger partial charge in [-0.15, -0.1) is 0 Å². The number of benzene rings is 1. The number of nitrogens with one attached hydrogen (secondary N) is 1. The predicted molar refractivity (Wildman–Crippen MR) is 79.1 cm³/mol. The van der Waals surface area contributed by atoms with E-state index in [-0.39, 0.29) is 11.7 Å². The van der Waals surface area contributed by atoms with Crippen LogP contribution in [-0.4, -0.2) is 67.1 Å². The van der Waals surface area contributed by atoms with Crippen molar-refractivity contribution in [1.82, 2.24) is 15.1 Å². The Morgan fingerprint density at radius 2 is 2.10 bits per heavy atom. The molecule has 1 aromatic carbocycles. The lowest BCUT2D eigenvalue weighted by molar-refractivity contribution is 0.0772. The number of piperazine rings is 1. The highest BCUT2D eigenvalue weighted by molar-refractivity contribution is 5.96. The van der Waals surface area contributed by atoms with Crippen molar-refractivity contribution in [2.24, 2.45) is 0 Å². The summed E-state index contributed by atoms with van der Waals surface area (Å²) in [6.07, 6.45) is 0. The smallest absolute Gasteiger partial charge is 0.257 e. The summed E-state index contributed by atoms with van der Waals surface area (Å²) in [5, 5.41) is 13.1. The summed E-state index contributed by atoms with van der Waals surface area (Å²) in [7, 11) is 1.78. The minimum Gasteiger partial charge on any atom is -0.507 e. The number of phenols is 1. The standard InChI is InChI=1S/C15H23N3O2/c1-12-3-4-14(19)13(11-12)15(20)17(2)9-10-18-7-5-16-6-8-18/h3-4,11,16,19H,5-10H2,1-2H3. The van der Waals surface area contributed by atoms with E-state index in [2.05, 4.69) is 10.2 Å². The first-order chi connectivity index (χ1) is 9.58. The van der Waals surface area contributed by atoms with Gasteiger partial charge in [-0.1, -0.05) is 11.6 Å². The molecule has 5 heteroatoms. The molecule has 0 saturated carbocycles. The number of aromatic hydroxyl groups is 1. The van der Waals surface area contributed by atoms with E-state index in [0.29, 0.717) is 12.1 Å². The number of rotatable bonds is 4. The van der Waals surface area contributed by atoms with Gasteiger partial charge in [0.1, 0.15) is 5.75 Å². The van der Waals surface area contributed by atoms with Gasteiger partial charge in [0.05, 0.1) is 5.56 Å². The van der Waals surface area contributed by atoms with Crippen LogP contribution in [0.5, 0.6) is 5.75 Å². The second-order valence-corrected chi connectivity index (χ2v) is 5.34. The minimum atomic E-state index is -0.124. The van der Waals surface area contributed by atoms with Gasteiger partial charge in [-0.3, -0.25) is 9.69 Å². The van der Waals surface area contributed by atoms with Crippen LogP contribution in [0.2, 0.25) is 0 Å². The van der Waals surface area contributed by atoms with Crippen LogP contribution in [0.4, 0.5) is 0 Å². The Balaban J connectivity index is 1.92. The van der Waals surface area contributed by atoms with E-state index in [1.807, 2.05) is 6.92 Å². The Morgan fingerprint density at radius 3 is 2.80 bits per heavy atom. The fourth-order valence-electron chi connectivity index (χ4n) is 2.35. The highest BCUT2D eigenvalue weighted by atomic mass is 16.3. The number of likely N-dealkylation sites (N-methyl/N-ethyl adjacent to an activating group) is 1. The van der Waals surface area contributed by atoms with E-state index >= 15 is 0 Å². The summed E-state index contributed by atoms with van der Waals surface area (Å²) in [5.41, 5.74) is 1.36. The summed E-state index contributed by atoms with van der Waals surface area (Å²) >= 11 is 0. The van der Waals surface area contributed by atoms with Crippen LogP contribution in [0, 0.1) is 6.92 Å². The topological polar surface area (TPSA) is 55.8 Å². The molecule has 1 aliphatic heterocycles. The molecule has 110 valence electrons. The predicted octanol–water partition coefficient (Wildman–Crippen LogP) is 0.678. The number of carbonyl (C=O) groups excluding carboxylic acids is 1. The van der Waals surface area contributed by atoms with Gasteiger partial charge in [0, 0.05) is 46.3 Å². The van der Waals surface area contributed by atoms with Crippen LogP contribution >= 0.6 is 0 Å². The third-order valence-electron chi connectivity index (χ3n) is 3.69. The van der Waals surface area contributed by atoms with E-state index in [4.69, 9.17) is 0 Å². The molecule has 1 heterocycles. The number of hydrogen-bond donors (Lipinski definition) is 2. The van der Waals surface area contributed by atoms with Crippen molar-refractivity contribution >= 4 is 5.91 Å². The van der Waals surface area contributed by atoms with Crippen LogP contribution < -0.4 is 5.32 Å². The highest BCUT2D eigenvalue weighted by Gasteiger charge is 2.17. The Kier molecular flexibility index (Phi) is 4.98. The Morgan fingerprint density at radius 1 is 1.40 bits per heavy atom. The van der Waals surface area contributed by atoms with Gasteiger partial charge in [-0.05, 0) is 19.1 Å². The lowest BCUT2D eigenvalue weighted by atomic mass is 10.1. The Hall–Kier alpha value is -1.59. The molecule has 0 spiro atoms. The zero-order valence-electron chi connectivity index (χ0n) is 12.2. The van der Waals surface area contributed by atoms with Gasteiger partial charge in [-0.25, -0.2) is 0 Å². The third kappa shape index (κ3) is 3.71. The van der Waals surface area contributed by atoms with Crippen molar-refractivity contribution in [3.05, 3.63) is 29.3 Å². The monoisotopic (exact) mass is 277 g/mol. The highest BCUT2D eigenvalue weighted by Crippen LogP contribution is 2.19. The van der Waals surface area contributed by atoms with Crippen LogP contribution in [0.3, 0.4) is 0 Å². The van der Waals surface area contributed by atoms with Crippen LogP contribution in [0.15, 0.2) is 18.2 Å². The number of nitrogens with zero attached hydrogens (tertiary/aromatic N) is 2. The average Bonchev–Trinajstić information content (AvgIpc) is 2.47. The first-order valence-corrected chi connectivity index (χ1v) is 7.06. The second-order valence-electron chi connectivity index (χ2n) is 5.34. The molecule has 0 bridgehead atoms. The van der Waals surface area contributed by atoms with Crippen molar-refractivity contribution in [2.45, 2.75) is 6.92 Å². The van der Waals surface area contributed by atoms with E-state index in [0.717, 1.165) is 38.3 Å². The van der Waals surface area contributed by atoms with Crippen LogP contribution in [0.25, 0.3) is 0 Å². The Labute approximate surface area is 120 Å². The molecule has 20 heavy (non-hydrogen) atoms. The summed E-state index contributed by atoms with van der Waals surface area (Å²) in [4.78, 5) is 16.3. The van der Waals surface area contributed by atoms with Gasteiger partial charge in [0.2, 0.25) is 0 Å². The van der Waals surface area contributed by atoms with Crippen molar-refractivity contribution in [3.8, 4) is 5.75 Å². The molecule has 1 saturated heterocycles. The minimum absolute atomic E-state index is 0.0506. The van der Waals surface area contributed by atoms with Crippen molar-refractivity contribution in [1.29, 1.82) is 0 Å². The number of phenolic OH excluding ortho intramolecular Hbond substituents is 1. The molecular weight excluding hydrogens is 254 g/mol. The molecule has 0 aromatic heterocycles. The Bertz CT molecular complexity index is 470. The third-order valence-corrected chi connectivity index (χ3v) is 3.69. The van der Waals surface area contributed by atoms with Gasteiger partial charge < -0.3 is 15.3 Å². The lowest BCUT2D eigenvalue weighted by Crippen LogP contribution is -2.46. The van der Waals surface area contributed by atoms with Crippen molar-refractivity contribution in [3.63, 3.8) is 0 Å². The van der Waals surface area contributed by atoms with Gasteiger partial charge in [-0.2, -0.15) is 0 Å². The maximum atomic E-state index is 12.3. The maximum Gasteiger partial charge on any atom is 0.257 e. The van der Waals surface area contributed by atoms with Gasteiger partial charge in [0.15, 0.2) is 0 Å². The molecule has 2 rings (SSSR count). The average molecular weight is 277 g/mol. The molecule has 1 aromatic rings. The van der Waals surface area contributed by atoms with Gasteiger partial charge >= 0.3 is 0 Å².